The van der Waals surface area contributed by atoms with Crippen LogP contribution in [0.25, 0.3) is 0 Å². The molecule has 2 aromatic rings. The van der Waals surface area contributed by atoms with Crippen LogP contribution in [-0.4, -0.2) is 19.6 Å². The summed E-state index contributed by atoms with van der Waals surface area (Å²) in [6, 6.07) is 12.5. The molecule has 0 bridgehead atoms. The average Bonchev–Trinajstić information content (AvgIpc) is 2.85. The molecule has 0 saturated carbocycles. The van der Waals surface area contributed by atoms with Crippen LogP contribution < -0.4 is 9.64 Å². The van der Waals surface area contributed by atoms with Crippen molar-refractivity contribution in [2.45, 2.75) is 25.7 Å². The molecule has 4 rings (SSSR count). The minimum atomic E-state index is -0.341. The number of nitrogens with zero attached hydrogens (tertiary/aromatic N) is 1. The Hall–Kier alpha value is -2.29. The normalized spacial score (nSPS) is 22.5. The van der Waals surface area contributed by atoms with E-state index in [-0.39, 0.29) is 11.3 Å². The lowest BCUT2D eigenvalue weighted by Crippen LogP contribution is -2.44. The van der Waals surface area contributed by atoms with Gasteiger partial charge in [-0.15, -0.1) is 0 Å². The lowest BCUT2D eigenvalue weighted by molar-refractivity contribution is -0.119. The molecule has 2 aromatic carbocycles. The van der Waals surface area contributed by atoms with E-state index in [0.29, 0.717) is 13.0 Å². The number of benzene rings is 2. The van der Waals surface area contributed by atoms with Gasteiger partial charge in [0, 0.05) is 24.7 Å². The molecule has 0 N–H and O–H groups in total. The molecular formula is C19H19NO2. The van der Waals surface area contributed by atoms with Crippen LogP contribution >= 0.6 is 0 Å². The van der Waals surface area contributed by atoms with Gasteiger partial charge < -0.3 is 9.64 Å². The van der Waals surface area contributed by atoms with Crippen molar-refractivity contribution in [1.29, 1.82) is 0 Å². The fourth-order valence-corrected chi connectivity index (χ4v) is 3.92. The fraction of sp³-hybridized carbons (Fsp3) is 0.316. The molecule has 0 saturated heterocycles. The second-order valence-corrected chi connectivity index (χ2v) is 6.48. The number of aryl methyl sites for hydroxylation is 2. The maximum absolute atomic E-state index is 12.6. The lowest BCUT2D eigenvalue weighted by Gasteiger charge is -2.38. The number of carbonyl (C=O) groups is 1. The van der Waals surface area contributed by atoms with Gasteiger partial charge in [-0.2, -0.15) is 0 Å². The lowest BCUT2D eigenvalue weighted by atomic mass is 9.70. The Morgan fingerprint density at radius 1 is 1.14 bits per heavy atom. The highest BCUT2D eigenvalue weighted by molar-refractivity contribution is 5.98. The van der Waals surface area contributed by atoms with Crippen molar-refractivity contribution < 1.29 is 9.53 Å². The molecule has 3 heteroatoms. The van der Waals surface area contributed by atoms with E-state index in [1.165, 1.54) is 16.7 Å². The quantitative estimate of drug-likeness (QED) is 0.745. The van der Waals surface area contributed by atoms with Crippen LogP contribution in [0.5, 0.6) is 5.75 Å². The number of fused-ring (bicyclic) bond motifs is 4. The second-order valence-electron chi connectivity index (χ2n) is 6.48. The molecule has 22 heavy (non-hydrogen) atoms. The van der Waals surface area contributed by atoms with Crippen molar-refractivity contribution in [3.05, 3.63) is 58.7 Å². The predicted octanol–water partition coefficient (Wildman–Crippen LogP) is 3.35. The van der Waals surface area contributed by atoms with Gasteiger partial charge in [-0.25, -0.2) is 0 Å². The van der Waals surface area contributed by atoms with E-state index in [4.69, 9.17) is 4.74 Å². The van der Waals surface area contributed by atoms with Gasteiger partial charge in [-0.3, -0.25) is 4.79 Å². The summed E-state index contributed by atoms with van der Waals surface area (Å²) in [5.41, 5.74) is 5.38. The molecular weight excluding hydrogens is 274 g/mol. The first-order chi connectivity index (χ1) is 10.5. The molecule has 0 radical (unpaired) electrons. The number of carbonyl (C=O) groups excluding carboxylic acids is 1. The van der Waals surface area contributed by atoms with Gasteiger partial charge in [0.1, 0.15) is 12.4 Å². The van der Waals surface area contributed by atoms with Gasteiger partial charge in [0.2, 0.25) is 5.91 Å². The molecule has 1 atom stereocenters. The summed E-state index contributed by atoms with van der Waals surface area (Å²) in [6.07, 6.45) is 0.469. The zero-order valence-electron chi connectivity index (χ0n) is 13.1. The Kier molecular flexibility index (Phi) is 2.65. The van der Waals surface area contributed by atoms with Crippen LogP contribution in [0.4, 0.5) is 5.69 Å². The minimum absolute atomic E-state index is 0.148. The molecule has 2 heterocycles. The third-order valence-electron chi connectivity index (χ3n) is 5.01. The van der Waals surface area contributed by atoms with Crippen molar-refractivity contribution >= 4 is 11.6 Å². The summed E-state index contributed by atoms with van der Waals surface area (Å²) in [5.74, 6) is 1.10. The van der Waals surface area contributed by atoms with E-state index < -0.39 is 0 Å². The van der Waals surface area contributed by atoms with Crippen molar-refractivity contribution in [2.24, 2.45) is 0 Å². The summed E-state index contributed by atoms with van der Waals surface area (Å²) >= 11 is 0. The van der Waals surface area contributed by atoms with Crippen LogP contribution in [0.1, 0.15) is 28.7 Å². The molecule has 0 aliphatic carbocycles. The first-order valence-electron chi connectivity index (χ1n) is 7.63. The highest BCUT2D eigenvalue weighted by atomic mass is 16.5. The first-order valence-corrected chi connectivity index (χ1v) is 7.63. The van der Waals surface area contributed by atoms with E-state index in [1.807, 2.05) is 25.2 Å². The maximum Gasteiger partial charge on any atom is 0.228 e. The largest absolute Gasteiger partial charge is 0.492 e. The van der Waals surface area contributed by atoms with Crippen molar-refractivity contribution in [3.63, 3.8) is 0 Å². The summed E-state index contributed by atoms with van der Waals surface area (Å²) in [7, 11) is 1.85. The third kappa shape index (κ3) is 1.59. The van der Waals surface area contributed by atoms with Gasteiger partial charge in [-0.1, -0.05) is 35.9 Å². The molecule has 0 fully saturated rings. The Balaban J connectivity index is 2.02. The molecule has 2 aliphatic heterocycles. The van der Waals surface area contributed by atoms with Gasteiger partial charge in [0.25, 0.3) is 0 Å². The molecule has 1 amide bonds. The molecule has 1 spiro atoms. The zero-order chi connectivity index (χ0) is 15.5. The standard InChI is InChI=1S/C19H19NO2/c1-12-8-13(2)18-15(9-12)19(11-22-18)10-17(21)20(3)16-7-5-4-6-14(16)19/h4-9H,10-11H2,1-3H3. The number of para-hydroxylation sites is 1. The molecule has 1 unspecified atom stereocenters. The maximum atomic E-state index is 12.6. The number of hydrogen-bond acceptors (Lipinski definition) is 2. The van der Waals surface area contributed by atoms with Crippen LogP contribution in [-0.2, 0) is 10.2 Å². The zero-order valence-corrected chi connectivity index (χ0v) is 13.1. The summed E-state index contributed by atoms with van der Waals surface area (Å²) in [5, 5.41) is 0. The second kappa shape index (κ2) is 4.35. The SMILES string of the molecule is Cc1cc(C)c2c(c1)C1(CO2)CC(=O)N(C)c2ccccc21. The fourth-order valence-electron chi connectivity index (χ4n) is 3.92. The van der Waals surface area contributed by atoms with Crippen molar-refractivity contribution in [1.82, 2.24) is 0 Å². The number of hydrogen-bond donors (Lipinski definition) is 0. The van der Waals surface area contributed by atoms with E-state index in [2.05, 4.69) is 32.0 Å². The van der Waals surface area contributed by atoms with E-state index in [9.17, 15) is 4.79 Å². The number of rotatable bonds is 0. The number of anilines is 1. The van der Waals surface area contributed by atoms with Crippen LogP contribution in [0, 0.1) is 13.8 Å². The highest BCUT2D eigenvalue weighted by Crippen LogP contribution is 2.52. The van der Waals surface area contributed by atoms with Gasteiger partial charge in [-0.05, 0) is 31.0 Å². The smallest absolute Gasteiger partial charge is 0.228 e. The van der Waals surface area contributed by atoms with Crippen LogP contribution in [0.3, 0.4) is 0 Å². The average molecular weight is 293 g/mol. The number of ether oxygens (including phenoxy) is 1. The first kappa shape index (κ1) is 13.4. The Morgan fingerprint density at radius 2 is 1.91 bits per heavy atom. The van der Waals surface area contributed by atoms with Crippen molar-refractivity contribution in [3.8, 4) is 5.75 Å². The topological polar surface area (TPSA) is 29.5 Å². The molecule has 112 valence electrons. The van der Waals surface area contributed by atoms with Gasteiger partial charge in [0.05, 0.1) is 5.41 Å². The Labute approximate surface area is 130 Å². The third-order valence-corrected chi connectivity index (χ3v) is 5.01. The van der Waals surface area contributed by atoms with E-state index in [0.717, 1.165) is 17.0 Å². The Bertz CT molecular complexity index is 796. The van der Waals surface area contributed by atoms with Gasteiger partial charge in [0.15, 0.2) is 0 Å². The summed E-state index contributed by atoms with van der Waals surface area (Å²) in [6.45, 7) is 4.72. The van der Waals surface area contributed by atoms with Crippen molar-refractivity contribution in [2.75, 3.05) is 18.6 Å². The predicted molar refractivity (Wildman–Crippen MR) is 86.7 cm³/mol. The molecule has 3 nitrogen and oxygen atoms in total. The monoisotopic (exact) mass is 293 g/mol. The Morgan fingerprint density at radius 3 is 2.73 bits per heavy atom. The molecule has 2 aliphatic rings. The van der Waals surface area contributed by atoms with Gasteiger partial charge >= 0.3 is 0 Å². The summed E-state index contributed by atoms with van der Waals surface area (Å²) < 4.78 is 6.05. The van der Waals surface area contributed by atoms with E-state index in [1.54, 1.807) is 4.90 Å². The summed E-state index contributed by atoms with van der Waals surface area (Å²) in [4.78, 5) is 14.3. The molecule has 0 aromatic heterocycles. The highest BCUT2D eigenvalue weighted by Gasteiger charge is 2.49. The van der Waals surface area contributed by atoms with E-state index >= 15 is 0 Å². The van der Waals surface area contributed by atoms with Crippen LogP contribution in [0.15, 0.2) is 36.4 Å². The van der Waals surface area contributed by atoms with Crippen LogP contribution in [0.2, 0.25) is 0 Å². The number of amides is 1. The minimum Gasteiger partial charge on any atom is -0.492 e.